The van der Waals surface area contributed by atoms with E-state index in [1.807, 2.05) is 18.2 Å². The normalized spacial score (nSPS) is 10.6. The van der Waals surface area contributed by atoms with Crippen molar-refractivity contribution in [3.63, 3.8) is 0 Å². The molecule has 0 bridgehead atoms. The number of para-hydroxylation sites is 1. The number of benzene rings is 1. The molecule has 2 aromatic heterocycles. The van der Waals surface area contributed by atoms with E-state index in [1.165, 1.54) is 11.3 Å². The largest absolute Gasteiger partial charge is 0.298 e. The van der Waals surface area contributed by atoms with Crippen LogP contribution in [0.15, 0.2) is 46.9 Å². The lowest BCUT2D eigenvalue weighted by Gasteiger charge is -2.04. The van der Waals surface area contributed by atoms with E-state index in [1.54, 1.807) is 23.8 Å². The fraction of sp³-hybridized carbons (Fsp3) is 0. The molecule has 0 aliphatic carbocycles. The van der Waals surface area contributed by atoms with Crippen LogP contribution in [0.1, 0.15) is 10.4 Å². The van der Waals surface area contributed by atoms with E-state index in [-0.39, 0.29) is 5.91 Å². The van der Waals surface area contributed by atoms with Gasteiger partial charge in [0.15, 0.2) is 5.13 Å². The molecule has 3 aromatic rings. The molecule has 3 rings (SSSR count). The summed E-state index contributed by atoms with van der Waals surface area (Å²) >= 11 is 5.71. The molecule has 0 fully saturated rings. The van der Waals surface area contributed by atoms with Crippen molar-refractivity contribution in [2.24, 2.45) is 0 Å². The number of carbonyl (C=O) groups excluding carboxylic acids is 1. The smallest absolute Gasteiger partial charge is 0.259 e. The van der Waals surface area contributed by atoms with Crippen molar-refractivity contribution in [2.45, 2.75) is 4.90 Å². The van der Waals surface area contributed by atoms with Crippen LogP contribution in [0.2, 0.25) is 0 Å². The number of rotatable bonds is 2. The van der Waals surface area contributed by atoms with Crippen LogP contribution in [0.4, 0.5) is 5.13 Å². The van der Waals surface area contributed by atoms with Crippen LogP contribution in [0.5, 0.6) is 0 Å². The summed E-state index contributed by atoms with van der Waals surface area (Å²) in [5.41, 5.74) is 1.29. The van der Waals surface area contributed by atoms with Gasteiger partial charge in [-0.05, 0) is 12.1 Å². The maximum atomic E-state index is 12.0. The molecule has 4 nitrogen and oxygen atoms in total. The third kappa shape index (κ3) is 2.45. The average Bonchev–Trinajstić information content (AvgIpc) is 2.91. The number of fused-ring (bicyclic) bond motifs is 1. The lowest BCUT2D eigenvalue weighted by Crippen LogP contribution is -2.11. The maximum absolute atomic E-state index is 12.0. The first-order valence-corrected chi connectivity index (χ1v) is 6.85. The third-order valence-corrected chi connectivity index (χ3v) is 3.65. The maximum Gasteiger partial charge on any atom is 0.259 e. The first kappa shape index (κ1) is 12.1. The Morgan fingerprint density at radius 1 is 1.32 bits per heavy atom. The van der Waals surface area contributed by atoms with Gasteiger partial charge in [0.2, 0.25) is 0 Å². The summed E-state index contributed by atoms with van der Waals surface area (Å²) in [6.07, 6.45) is 3.19. The van der Waals surface area contributed by atoms with Crippen LogP contribution in [0, 0.1) is 0 Å². The summed E-state index contributed by atoms with van der Waals surface area (Å²) in [5, 5.41) is 6.00. The van der Waals surface area contributed by atoms with Gasteiger partial charge in [-0.15, -0.1) is 24.0 Å². The molecule has 0 unspecified atom stereocenters. The molecule has 1 amide bonds. The van der Waals surface area contributed by atoms with Gasteiger partial charge in [0, 0.05) is 28.1 Å². The van der Waals surface area contributed by atoms with E-state index in [0.717, 1.165) is 15.8 Å². The van der Waals surface area contributed by atoms with Crippen molar-refractivity contribution < 1.29 is 4.79 Å². The highest BCUT2D eigenvalue weighted by Gasteiger charge is 2.09. The molecule has 1 N–H and O–H groups in total. The summed E-state index contributed by atoms with van der Waals surface area (Å²) in [7, 11) is 0. The topological polar surface area (TPSA) is 54.9 Å². The number of hydrogen-bond donors (Lipinski definition) is 2. The van der Waals surface area contributed by atoms with Gasteiger partial charge in [-0.25, -0.2) is 4.98 Å². The van der Waals surface area contributed by atoms with Crippen molar-refractivity contribution in [3.05, 3.63) is 47.6 Å². The third-order valence-electron chi connectivity index (χ3n) is 2.60. The molecule has 0 radical (unpaired) electrons. The molecule has 0 atom stereocenters. The number of anilines is 1. The predicted molar refractivity (Wildman–Crippen MR) is 79.1 cm³/mol. The van der Waals surface area contributed by atoms with Gasteiger partial charge in [-0.2, -0.15) is 0 Å². The van der Waals surface area contributed by atoms with Crippen molar-refractivity contribution in [1.82, 2.24) is 9.97 Å². The zero-order valence-corrected chi connectivity index (χ0v) is 11.4. The average molecular weight is 287 g/mol. The lowest BCUT2D eigenvalue weighted by molar-refractivity contribution is 0.102. The summed E-state index contributed by atoms with van der Waals surface area (Å²) in [5.74, 6) is -0.214. The van der Waals surface area contributed by atoms with Gasteiger partial charge in [0.05, 0.1) is 11.1 Å². The van der Waals surface area contributed by atoms with Crippen LogP contribution in [0.25, 0.3) is 10.9 Å². The number of thiazole rings is 1. The molecule has 6 heteroatoms. The highest BCUT2D eigenvalue weighted by atomic mass is 32.1. The standard InChI is InChI=1S/C13H9N3OS2/c17-12(16-13-14-4-5-19-13)9-6-8-2-1-3-10(18)11(8)15-7-9/h1-7,18H,(H,14,16,17). The minimum atomic E-state index is -0.214. The van der Waals surface area contributed by atoms with Crippen molar-refractivity contribution in [2.75, 3.05) is 5.32 Å². The van der Waals surface area contributed by atoms with E-state index in [0.29, 0.717) is 10.7 Å². The Morgan fingerprint density at radius 2 is 2.21 bits per heavy atom. The highest BCUT2D eigenvalue weighted by molar-refractivity contribution is 7.80. The van der Waals surface area contributed by atoms with Crippen LogP contribution >= 0.6 is 24.0 Å². The van der Waals surface area contributed by atoms with E-state index in [9.17, 15) is 4.79 Å². The SMILES string of the molecule is O=C(Nc1nccs1)c1cnc2c(S)cccc2c1. The molecule has 0 spiro atoms. The second kappa shape index (κ2) is 4.99. The summed E-state index contributed by atoms with van der Waals surface area (Å²) < 4.78 is 0. The van der Waals surface area contributed by atoms with Crippen LogP contribution in [0.3, 0.4) is 0 Å². The molecule has 2 heterocycles. The van der Waals surface area contributed by atoms with Gasteiger partial charge >= 0.3 is 0 Å². The second-order valence-electron chi connectivity index (χ2n) is 3.86. The van der Waals surface area contributed by atoms with Crippen molar-refractivity contribution in [1.29, 1.82) is 0 Å². The van der Waals surface area contributed by atoms with Gasteiger partial charge < -0.3 is 0 Å². The minimum Gasteiger partial charge on any atom is -0.298 e. The number of nitrogens with one attached hydrogen (secondary N) is 1. The van der Waals surface area contributed by atoms with E-state index in [4.69, 9.17) is 0 Å². The molecular formula is C13H9N3OS2. The first-order valence-electron chi connectivity index (χ1n) is 5.52. The Kier molecular flexibility index (Phi) is 3.18. The number of amides is 1. The van der Waals surface area contributed by atoms with Gasteiger partial charge in [0.25, 0.3) is 5.91 Å². The zero-order chi connectivity index (χ0) is 13.2. The Labute approximate surface area is 118 Å². The fourth-order valence-corrected chi connectivity index (χ4v) is 2.52. The zero-order valence-electron chi connectivity index (χ0n) is 9.70. The summed E-state index contributed by atoms with van der Waals surface area (Å²) in [6.45, 7) is 0. The van der Waals surface area contributed by atoms with E-state index in [2.05, 4.69) is 27.9 Å². The Morgan fingerprint density at radius 3 is 3.00 bits per heavy atom. The number of hydrogen-bond acceptors (Lipinski definition) is 5. The van der Waals surface area contributed by atoms with Gasteiger partial charge in [-0.1, -0.05) is 12.1 Å². The molecule has 1 aromatic carbocycles. The van der Waals surface area contributed by atoms with Crippen LogP contribution < -0.4 is 5.32 Å². The van der Waals surface area contributed by atoms with Crippen LogP contribution in [-0.2, 0) is 0 Å². The Hall–Kier alpha value is -1.92. The Bertz CT molecular complexity index is 741. The molecule has 0 saturated carbocycles. The second-order valence-corrected chi connectivity index (χ2v) is 5.24. The number of nitrogens with zero attached hydrogens (tertiary/aromatic N) is 2. The summed E-state index contributed by atoms with van der Waals surface area (Å²) in [4.78, 5) is 21.1. The first-order chi connectivity index (χ1) is 9.24. The lowest BCUT2D eigenvalue weighted by atomic mass is 10.1. The minimum absolute atomic E-state index is 0.214. The van der Waals surface area contributed by atoms with E-state index < -0.39 is 0 Å². The van der Waals surface area contributed by atoms with Crippen molar-refractivity contribution >= 4 is 45.9 Å². The van der Waals surface area contributed by atoms with Crippen molar-refractivity contribution in [3.8, 4) is 0 Å². The van der Waals surface area contributed by atoms with Gasteiger partial charge in [-0.3, -0.25) is 15.1 Å². The number of carbonyl (C=O) groups is 1. The molecular weight excluding hydrogens is 278 g/mol. The van der Waals surface area contributed by atoms with E-state index >= 15 is 0 Å². The highest BCUT2D eigenvalue weighted by Crippen LogP contribution is 2.21. The van der Waals surface area contributed by atoms with Crippen LogP contribution in [-0.4, -0.2) is 15.9 Å². The molecule has 0 saturated heterocycles. The predicted octanol–water partition coefficient (Wildman–Crippen LogP) is 3.23. The quantitative estimate of drug-likeness (QED) is 0.711. The molecule has 19 heavy (non-hydrogen) atoms. The fourth-order valence-electron chi connectivity index (χ4n) is 1.72. The number of thiol groups is 1. The summed E-state index contributed by atoms with van der Waals surface area (Å²) in [6, 6.07) is 7.45. The number of aromatic nitrogens is 2. The molecule has 0 aliphatic heterocycles. The Balaban J connectivity index is 1.95. The van der Waals surface area contributed by atoms with Gasteiger partial charge in [0.1, 0.15) is 0 Å². The molecule has 0 aliphatic rings. The number of pyridine rings is 1. The monoisotopic (exact) mass is 287 g/mol. The molecule has 94 valence electrons.